The third-order valence-corrected chi connectivity index (χ3v) is 5.33. The summed E-state index contributed by atoms with van der Waals surface area (Å²) in [6.07, 6.45) is 0. The number of aromatic nitrogens is 6. The lowest BCUT2D eigenvalue weighted by Gasteiger charge is -2.08. The van der Waals surface area contributed by atoms with Crippen LogP contribution in [0.3, 0.4) is 0 Å². The van der Waals surface area contributed by atoms with E-state index in [0.717, 1.165) is 34.1 Å². The molecule has 0 atom stereocenters. The van der Waals surface area contributed by atoms with E-state index < -0.39 is 0 Å². The lowest BCUT2D eigenvalue weighted by Crippen LogP contribution is -2.02. The van der Waals surface area contributed by atoms with Crippen molar-refractivity contribution in [3.63, 3.8) is 0 Å². The molecular weight excluding hydrogens is 396 g/mol. The summed E-state index contributed by atoms with van der Waals surface area (Å²) in [5.41, 5.74) is 4.26. The number of anilines is 2. The highest BCUT2D eigenvalue weighted by Crippen LogP contribution is 2.23. The van der Waals surface area contributed by atoms with E-state index in [4.69, 9.17) is 5.26 Å². The summed E-state index contributed by atoms with van der Waals surface area (Å²) in [7, 11) is 0. The van der Waals surface area contributed by atoms with Gasteiger partial charge in [0.15, 0.2) is 0 Å². The molecule has 0 bridgehead atoms. The minimum Gasteiger partial charge on any atom is -0.341 e. The van der Waals surface area contributed by atoms with E-state index in [1.165, 1.54) is 11.8 Å². The molecule has 2 aromatic carbocycles. The highest BCUT2D eigenvalue weighted by atomic mass is 32.2. The average Bonchev–Trinajstić information content (AvgIpc) is 3.36. The Hall–Kier alpha value is -3.90. The van der Waals surface area contributed by atoms with Crippen LogP contribution in [-0.2, 0) is 5.75 Å². The molecule has 2 N–H and O–H groups in total. The first kappa shape index (κ1) is 18.1. The van der Waals surface area contributed by atoms with Crippen LogP contribution < -0.4 is 5.32 Å². The molecule has 9 heteroatoms. The van der Waals surface area contributed by atoms with Crippen LogP contribution in [0, 0.1) is 18.3 Å². The molecule has 8 nitrogen and oxygen atoms in total. The summed E-state index contributed by atoms with van der Waals surface area (Å²) in [4.78, 5) is 16.9. The van der Waals surface area contributed by atoms with Crippen molar-refractivity contribution in [2.24, 2.45) is 0 Å². The van der Waals surface area contributed by atoms with Gasteiger partial charge in [0.25, 0.3) is 5.78 Å². The summed E-state index contributed by atoms with van der Waals surface area (Å²) in [5.74, 6) is 2.78. The molecular formula is C21H16N8S. The van der Waals surface area contributed by atoms with Crippen molar-refractivity contribution < 1.29 is 0 Å². The lowest BCUT2D eigenvalue weighted by molar-refractivity contribution is 0.881. The van der Waals surface area contributed by atoms with Gasteiger partial charge in [-0.2, -0.15) is 14.8 Å². The Kier molecular flexibility index (Phi) is 4.53. The second kappa shape index (κ2) is 7.50. The van der Waals surface area contributed by atoms with Gasteiger partial charge in [-0.15, -0.1) is 5.10 Å². The van der Waals surface area contributed by atoms with E-state index >= 15 is 0 Å². The highest BCUT2D eigenvalue weighted by molar-refractivity contribution is 7.98. The predicted molar refractivity (Wildman–Crippen MR) is 116 cm³/mol. The smallest absolute Gasteiger partial charge is 0.255 e. The molecule has 3 heterocycles. The van der Waals surface area contributed by atoms with E-state index in [2.05, 4.69) is 36.4 Å². The number of thioether (sulfide) groups is 1. The average molecular weight is 412 g/mol. The zero-order valence-electron chi connectivity index (χ0n) is 16.0. The molecule has 0 aliphatic carbocycles. The molecule has 0 unspecified atom stereocenters. The largest absolute Gasteiger partial charge is 0.341 e. The van der Waals surface area contributed by atoms with Crippen molar-refractivity contribution in [1.82, 2.24) is 29.5 Å². The van der Waals surface area contributed by atoms with Gasteiger partial charge in [-0.25, -0.2) is 9.97 Å². The normalized spacial score (nSPS) is 11.1. The molecule has 5 aromatic rings. The summed E-state index contributed by atoms with van der Waals surface area (Å²) < 4.78 is 1.69. The van der Waals surface area contributed by atoms with E-state index in [9.17, 15) is 0 Å². The minimum atomic E-state index is 0.526. The Balaban J connectivity index is 1.40. The highest BCUT2D eigenvalue weighted by Gasteiger charge is 2.12. The SMILES string of the molecule is Cc1cc(Nc2ccc(C#N)cc2)n2nc(SCc3nc4ccccc4[nH]3)nc2n1. The number of H-pyrrole nitrogens is 1. The van der Waals surface area contributed by atoms with E-state index in [1.54, 1.807) is 16.6 Å². The molecule has 146 valence electrons. The zero-order valence-corrected chi connectivity index (χ0v) is 16.8. The van der Waals surface area contributed by atoms with Crippen LogP contribution in [-0.4, -0.2) is 29.5 Å². The molecule has 0 amide bonds. The van der Waals surface area contributed by atoms with Crippen molar-refractivity contribution in [2.45, 2.75) is 17.8 Å². The number of aryl methyl sites for hydroxylation is 1. The fourth-order valence-corrected chi connectivity index (χ4v) is 3.79. The first-order valence-electron chi connectivity index (χ1n) is 9.26. The monoisotopic (exact) mass is 412 g/mol. The first-order chi connectivity index (χ1) is 14.7. The van der Waals surface area contributed by atoms with Crippen LogP contribution in [0.1, 0.15) is 17.1 Å². The van der Waals surface area contributed by atoms with Gasteiger partial charge in [0.05, 0.1) is 28.4 Å². The number of rotatable bonds is 5. The topological polar surface area (TPSA) is 108 Å². The number of nitrogens with zero attached hydrogens (tertiary/aromatic N) is 6. The standard InChI is InChI=1S/C21H16N8S/c1-13-10-19(24-15-8-6-14(11-22)7-9-15)29-20(23-13)27-21(28-29)30-12-18-25-16-4-2-3-5-17(16)26-18/h2-10,24H,12H2,1H3,(H,25,26). The van der Waals surface area contributed by atoms with E-state index in [1.807, 2.05) is 49.4 Å². The Morgan fingerprint density at radius 3 is 2.73 bits per heavy atom. The van der Waals surface area contributed by atoms with Crippen LogP contribution in [0.2, 0.25) is 0 Å². The van der Waals surface area contributed by atoms with Crippen molar-refractivity contribution in [1.29, 1.82) is 5.26 Å². The van der Waals surface area contributed by atoms with Gasteiger partial charge in [-0.3, -0.25) is 0 Å². The summed E-state index contributed by atoms with van der Waals surface area (Å²) in [6.45, 7) is 1.92. The Bertz CT molecular complexity index is 1360. The zero-order chi connectivity index (χ0) is 20.5. The molecule has 0 aliphatic rings. The van der Waals surface area contributed by atoms with Gasteiger partial charge < -0.3 is 10.3 Å². The number of fused-ring (bicyclic) bond motifs is 2. The molecule has 30 heavy (non-hydrogen) atoms. The van der Waals surface area contributed by atoms with Gasteiger partial charge >= 0.3 is 0 Å². The fourth-order valence-electron chi connectivity index (χ4n) is 3.10. The number of benzene rings is 2. The quantitative estimate of drug-likeness (QED) is 0.416. The molecule has 0 fully saturated rings. The van der Waals surface area contributed by atoms with E-state index in [-0.39, 0.29) is 0 Å². The van der Waals surface area contributed by atoms with Crippen LogP contribution in [0.5, 0.6) is 0 Å². The number of hydrogen-bond donors (Lipinski definition) is 2. The number of hydrogen-bond acceptors (Lipinski definition) is 7. The number of imidazole rings is 1. The van der Waals surface area contributed by atoms with Crippen LogP contribution in [0.4, 0.5) is 11.5 Å². The Morgan fingerprint density at radius 1 is 1.10 bits per heavy atom. The summed E-state index contributed by atoms with van der Waals surface area (Å²) in [5, 5.41) is 17.5. The molecule has 0 saturated heterocycles. The predicted octanol–water partition coefficient (Wildman–Crippen LogP) is 4.22. The number of para-hydroxylation sites is 2. The minimum absolute atomic E-state index is 0.526. The maximum absolute atomic E-state index is 8.96. The third-order valence-electron chi connectivity index (χ3n) is 4.48. The Labute approximate surface area is 176 Å². The number of aromatic amines is 1. The van der Waals surface area contributed by atoms with Crippen LogP contribution in [0.25, 0.3) is 16.8 Å². The molecule has 0 saturated carbocycles. The maximum Gasteiger partial charge on any atom is 0.255 e. The Morgan fingerprint density at radius 2 is 1.93 bits per heavy atom. The fraction of sp³-hybridized carbons (Fsp3) is 0.0952. The van der Waals surface area contributed by atoms with Gasteiger partial charge in [0, 0.05) is 17.4 Å². The van der Waals surface area contributed by atoms with Crippen molar-refractivity contribution >= 4 is 40.1 Å². The van der Waals surface area contributed by atoms with Gasteiger partial charge in [0.2, 0.25) is 5.16 Å². The maximum atomic E-state index is 8.96. The first-order valence-corrected chi connectivity index (χ1v) is 10.2. The van der Waals surface area contributed by atoms with Crippen molar-refractivity contribution in [2.75, 3.05) is 5.32 Å². The molecule has 0 aliphatic heterocycles. The van der Waals surface area contributed by atoms with Crippen LogP contribution >= 0.6 is 11.8 Å². The summed E-state index contributed by atoms with van der Waals surface area (Å²) in [6, 6.07) is 19.2. The van der Waals surface area contributed by atoms with E-state index in [0.29, 0.717) is 22.3 Å². The van der Waals surface area contributed by atoms with Crippen LogP contribution in [0.15, 0.2) is 59.8 Å². The van der Waals surface area contributed by atoms with Gasteiger partial charge in [0.1, 0.15) is 11.6 Å². The molecule has 0 radical (unpaired) electrons. The number of nitrogens with one attached hydrogen (secondary N) is 2. The summed E-state index contributed by atoms with van der Waals surface area (Å²) >= 11 is 1.50. The lowest BCUT2D eigenvalue weighted by atomic mass is 10.2. The van der Waals surface area contributed by atoms with Crippen molar-refractivity contribution in [3.05, 3.63) is 71.7 Å². The number of nitriles is 1. The molecule has 5 rings (SSSR count). The second-order valence-electron chi connectivity index (χ2n) is 6.69. The van der Waals surface area contributed by atoms with Gasteiger partial charge in [-0.05, 0) is 43.3 Å². The second-order valence-corrected chi connectivity index (χ2v) is 7.63. The molecule has 0 spiro atoms. The molecule has 3 aromatic heterocycles. The van der Waals surface area contributed by atoms with Crippen molar-refractivity contribution in [3.8, 4) is 6.07 Å². The third kappa shape index (κ3) is 3.56. The van der Waals surface area contributed by atoms with Gasteiger partial charge in [-0.1, -0.05) is 23.9 Å².